The normalized spacial score (nSPS) is 41.7. The molecular formula is C7H14S3. The average molecular weight is 194 g/mol. The first-order chi connectivity index (χ1) is 4.66. The van der Waals surface area contributed by atoms with Crippen LogP contribution in [0.5, 0.6) is 0 Å². The molecule has 0 aromatic carbocycles. The van der Waals surface area contributed by atoms with Gasteiger partial charge in [-0.2, -0.15) is 36.2 Å². The summed E-state index contributed by atoms with van der Waals surface area (Å²) in [4.78, 5) is 0. The highest BCUT2D eigenvalue weighted by Crippen LogP contribution is 2.38. The minimum Gasteiger partial charge on any atom is -0.178 e. The lowest BCUT2D eigenvalue weighted by Gasteiger charge is -2.33. The molecule has 2 unspecified atom stereocenters. The molecule has 0 spiro atoms. The van der Waals surface area contributed by atoms with E-state index < -0.39 is 0 Å². The van der Waals surface area contributed by atoms with Gasteiger partial charge in [0.2, 0.25) is 0 Å². The lowest BCUT2D eigenvalue weighted by atomic mass is 10.2. The molecule has 0 bridgehead atoms. The first-order valence-corrected chi connectivity index (χ1v) is 6.19. The van der Waals surface area contributed by atoms with Crippen LogP contribution in [0.25, 0.3) is 0 Å². The maximum absolute atomic E-state index is 4.34. The molecule has 60 valence electrons. The summed E-state index contributed by atoms with van der Waals surface area (Å²) in [7, 11) is 0. The van der Waals surface area contributed by atoms with Crippen LogP contribution in [0.4, 0.5) is 0 Å². The number of hydrogen-bond donors (Lipinski definition) is 1. The number of hydrogen-bond acceptors (Lipinski definition) is 3. The van der Waals surface area contributed by atoms with Gasteiger partial charge in [-0.1, -0.05) is 6.92 Å². The van der Waals surface area contributed by atoms with Gasteiger partial charge in [0.1, 0.15) is 0 Å². The molecule has 3 heteroatoms. The van der Waals surface area contributed by atoms with Crippen LogP contribution in [-0.4, -0.2) is 27.3 Å². The van der Waals surface area contributed by atoms with E-state index in [0.29, 0.717) is 4.75 Å². The lowest BCUT2D eigenvalue weighted by Crippen LogP contribution is -2.32. The maximum Gasteiger partial charge on any atom is 0.0310 e. The van der Waals surface area contributed by atoms with E-state index in [-0.39, 0.29) is 0 Å². The summed E-state index contributed by atoms with van der Waals surface area (Å²) in [5.41, 5.74) is 0. The Morgan fingerprint density at radius 2 is 2.40 bits per heavy atom. The Hall–Kier alpha value is 1.05. The van der Waals surface area contributed by atoms with E-state index in [1.807, 2.05) is 0 Å². The Balaban J connectivity index is 2.38. The van der Waals surface area contributed by atoms with Gasteiger partial charge in [-0.3, -0.25) is 0 Å². The van der Waals surface area contributed by atoms with Crippen molar-refractivity contribution < 1.29 is 0 Å². The van der Waals surface area contributed by atoms with E-state index in [9.17, 15) is 0 Å². The highest BCUT2D eigenvalue weighted by Gasteiger charge is 2.28. The Morgan fingerprint density at radius 1 is 1.70 bits per heavy atom. The molecule has 0 radical (unpaired) electrons. The van der Waals surface area contributed by atoms with Crippen molar-refractivity contribution in [2.75, 3.05) is 17.3 Å². The highest BCUT2D eigenvalue weighted by atomic mass is 32.2. The van der Waals surface area contributed by atoms with E-state index in [1.165, 1.54) is 11.5 Å². The zero-order valence-electron chi connectivity index (χ0n) is 6.46. The van der Waals surface area contributed by atoms with E-state index in [1.54, 1.807) is 0 Å². The van der Waals surface area contributed by atoms with Crippen LogP contribution in [0.3, 0.4) is 0 Å². The third kappa shape index (κ3) is 2.28. The van der Waals surface area contributed by atoms with Crippen molar-refractivity contribution >= 4 is 36.2 Å². The average Bonchev–Trinajstić information content (AvgIpc) is 1.96. The Morgan fingerprint density at radius 3 is 2.80 bits per heavy atom. The third-order valence-electron chi connectivity index (χ3n) is 1.67. The largest absolute Gasteiger partial charge is 0.178 e. The van der Waals surface area contributed by atoms with Crippen LogP contribution in [0, 0.1) is 0 Å². The molecule has 1 heterocycles. The van der Waals surface area contributed by atoms with E-state index in [4.69, 9.17) is 0 Å². The van der Waals surface area contributed by atoms with Gasteiger partial charge in [-0.05, 0) is 6.92 Å². The standard InChI is InChI=1S/C7H14S3/c1-6-3-10-7(2,4-8)5-9-6/h6,8H,3-5H2,1-2H3. The Kier molecular flexibility index (Phi) is 3.32. The summed E-state index contributed by atoms with van der Waals surface area (Å²) < 4.78 is 0.445. The number of thiol groups is 1. The van der Waals surface area contributed by atoms with Gasteiger partial charge in [-0.15, -0.1) is 0 Å². The predicted molar refractivity (Wildman–Crippen MR) is 56.6 cm³/mol. The summed E-state index contributed by atoms with van der Waals surface area (Å²) in [5, 5.41) is 0.845. The van der Waals surface area contributed by atoms with Gasteiger partial charge in [-0.25, -0.2) is 0 Å². The maximum atomic E-state index is 4.34. The third-order valence-corrected chi connectivity index (χ3v) is 6.17. The van der Waals surface area contributed by atoms with Crippen molar-refractivity contribution in [2.24, 2.45) is 0 Å². The second-order valence-electron chi connectivity index (χ2n) is 3.04. The molecule has 0 nitrogen and oxygen atoms in total. The van der Waals surface area contributed by atoms with Crippen molar-refractivity contribution in [3.63, 3.8) is 0 Å². The molecule has 1 saturated heterocycles. The molecule has 0 aromatic heterocycles. The molecular weight excluding hydrogens is 180 g/mol. The minimum absolute atomic E-state index is 0.445. The molecule has 1 aliphatic heterocycles. The van der Waals surface area contributed by atoms with Crippen molar-refractivity contribution in [1.29, 1.82) is 0 Å². The molecule has 0 aliphatic carbocycles. The topological polar surface area (TPSA) is 0 Å². The lowest BCUT2D eigenvalue weighted by molar-refractivity contribution is 0.817. The summed E-state index contributed by atoms with van der Waals surface area (Å²) in [5.74, 6) is 3.57. The van der Waals surface area contributed by atoms with Gasteiger partial charge in [0.25, 0.3) is 0 Å². The fourth-order valence-electron chi connectivity index (χ4n) is 0.818. The van der Waals surface area contributed by atoms with Gasteiger partial charge < -0.3 is 0 Å². The van der Waals surface area contributed by atoms with Gasteiger partial charge >= 0.3 is 0 Å². The van der Waals surface area contributed by atoms with Gasteiger partial charge in [0, 0.05) is 27.3 Å². The van der Waals surface area contributed by atoms with Crippen LogP contribution >= 0.6 is 36.2 Å². The first kappa shape index (κ1) is 9.14. The summed E-state index contributed by atoms with van der Waals surface area (Å²) in [6.45, 7) is 4.61. The van der Waals surface area contributed by atoms with Crippen LogP contribution in [0.15, 0.2) is 0 Å². The second kappa shape index (κ2) is 3.63. The Bertz CT molecular complexity index is 105. The van der Waals surface area contributed by atoms with Crippen molar-refractivity contribution in [2.45, 2.75) is 23.8 Å². The van der Waals surface area contributed by atoms with E-state index in [0.717, 1.165) is 11.0 Å². The molecule has 0 aromatic rings. The summed E-state index contributed by atoms with van der Waals surface area (Å²) >= 11 is 8.50. The molecule has 0 saturated carbocycles. The number of thioether (sulfide) groups is 2. The molecule has 1 fully saturated rings. The first-order valence-electron chi connectivity index (χ1n) is 3.53. The van der Waals surface area contributed by atoms with Crippen molar-refractivity contribution in [3.05, 3.63) is 0 Å². The fraction of sp³-hybridized carbons (Fsp3) is 1.00. The van der Waals surface area contributed by atoms with E-state index >= 15 is 0 Å². The van der Waals surface area contributed by atoms with Crippen molar-refractivity contribution in [1.82, 2.24) is 0 Å². The van der Waals surface area contributed by atoms with Gasteiger partial charge in [0.05, 0.1) is 0 Å². The number of rotatable bonds is 1. The SMILES string of the molecule is CC1CSC(C)(CS)CS1. The van der Waals surface area contributed by atoms with Crippen LogP contribution in [0.1, 0.15) is 13.8 Å². The summed E-state index contributed by atoms with van der Waals surface area (Å²) in [6, 6.07) is 0. The highest BCUT2D eigenvalue weighted by molar-refractivity contribution is 8.08. The van der Waals surface area contributed by atoms with Crippen LogP contribution in [-0.2, 0) is 0 Å². The monoisotopic (exact) mass is 194 g/mol. The quantitative estimate of drug-likeness (QED) is 0.637. The smallest absolute Gasteiger partial charge is 0.0310 e. The predicted octanol–water partition coefficient (Wildman–Crippen LogP) is 2.54. The molecule has 0 amide bonds. The summed E-state index contributed by atoms with van der Waals surface area (Å²) in [6.07, 6.45) is 0. The van der Waals surface area contributed by atoms with Crippen LogP contribution < -0.4 is 0 Å². The molecule has 2 atom stereocenters. The zero-order chi connectivity index (χ0) is 7.61. The van der Waals surface area contributed by atoms with E-state index in [2.05, 4.69) is 50.0 Å². The fourth-order valence-corrected chi connectivity index (χ4v) is 3.95. The minimum atomic E-state index is 0.445. The zero-order valence-corrected chi connectivity index (χ0v) is 8.99. The van der Waals surface area contributed by atoms with Gasteiger partial charge in [0.15, 0.2) is 0 Å². The van der Waals surface area contributed by atoms with Crippen molar-refractivity contribution in [3.8, 4) is 0 Å². The second-order valence-corrected chi connectivity index (χ2v) is 6.39. The van der Waals surface area contributed by atoms with Crippen LogP contribution in [0.2, 0.25) is 0 Å². The molecule has 1 aliphatic rings. The molecule has 0 N–H and O–H groups in total. The Labute approximate surface area is 77.3 Å². The molecule has 10 heavy (non-hydrogen) atoms. The molecule has 1 rings (SSSR count).